The molecule has 7 heteroatoms. The van der Waals surface area contributed by atoms with E-state index in [1.54, 1.807) is 6.92 Å². The molecule has 2 atom stereocenters. The number of carbonyl (C=O) groups is 1. The summed E-state index contributed by atoms with van der Waals surface area (Å²) >= 11 is 0. The van der Waals surface area contributed by atoms with E-state index in [2.05, 4.69) is 14.9 Å². The number of hydrogen-bond donors (Lipinski definition) is 2. The molecule has 3 heterocycles. The molecule has 176 valence electrons. The number of rotatable bonds is 6. The normalized spacial score (nSPS) is 20.1. The summed E-state index contributed by atoms with van der Waals surface area (Å²) in [5, 5.41) is 19.1. The Morgan fingerprint density at radius 2 is 1.73 bits per heavy atom. The van der Waals surface area contributed by atoms with Crippen molar-refractivity contribution >= 4 is 17.6 Å². The fourth-order valence-electron chi connectivity index (χ4n) is 5.33. The van der Waals surface area contributed by atoms with Crippen molar-refractivity contribution < 1.29 is 9.90 Å². The van der Waals surface area contributed by atoms with E-state index in [1.165, 1.54) is 0 Å². The second-order valence-electron chi connectivity index (χ2n) is 9.70. The largest absolute Gasteiger partial charge is 0.393 e. The first-order valence-electron chi connectivity index (χ1n) is 12.0. The van der Waals surface area contributed by atoms with Gasteiger partial charge < -0.3 is 20.3 Å². The Hall–Kier alpha value is -2.80. The Labute approximate surface area is 196 Å². The molecule has 0 bridgehead atoms. The average Bonchev–Trinajstić information content (AvgIpc) is 2.80. The molecule has 0 radical (unpaired) electrons. The van der Waals surface area contributed by atoms with E-state index in [1.807, 2.05) is 55.1 Å². The molecule has 33 heavy (non-hydrogen) atoms. The predicted molar refractivity (Wildman–Crippen MR) is 130 cm³/mol. The Bertz CT molecular complexity index is 979. The third-order valence-corrected chi connectivity index (χ3v) is 7.25. The standard InChI is InChI=1S/C26H35N5O2/c1-18-16-19(2)29-25(28-18)30-14-11-26(12-15-30)10-7-13-31(24(26)33)17-22(20(3)32)23(27)21-8-5-4-6-9-21/h4-6,8-9,16,20,22,27,32H,7,10-15,17H2,1-3H3. The molecule has 2 aromatic rings. The van der Waals surface area contributed by atoms with Crippen molar-refractivity contribution in [2.45, 2.75) is 52.6 Å². The van der Waals surface area contributed by atoms with Gasteiger partial charge in [0.1, 0.15) is 0 Å². The number of aromatic nitrogens is 2. The Kier molecular flexibility index (Phi) is 6.79. The first-order valence-corrected chi connectivity index (χ1v) is 12.0. The number of anilines is 1. The lowest BCUT2D eigenvalue weighted by Gasteiger charge is -2.47. The SMILES string of the molecule is Cc1cc(C)nc(N2CCC3(CCCN(CC(C(=N)c4ccccc4)C(C)O)C3=O)CC2)n1. The van der Waals surface area contributed by atoms with Gasteiger partial charge in [-0.1, -0.05) is 30.3 Å². The molecule has 2 aliphatic rings. The molecule has 1 amide bonds. The average molecular weight is 450 g/mol. The van der Waals surface area contributed by atoms with E-state index < -0.39 is 12.0 Å². The van der Waals surface area contributed by atoms with Gasteiger partial charge in [-0.15, -0.1) is 0 Å². The van der Waals surface area contributed by atoms with E-state index >= 15 is 0 Å². The molecule has 4 rings (SSSR count). The zero-order valence-corrected chi connectivity index (χ0v) is 19.9. The number of nitrogens with zero attached hydrogens (tertiary/aromatic N) is 4. The molecule has 2 saturated heterocycles. The molecule has 2 aliphatic heterocycles. The number of carbonyl (C=O) groups excluding carboxylic acids is 1. The number of amides is 1. The van der Waals surface area contributed by atoms with Crippen LogP contribution in [0.5, 0.6) is 0 Å². The second kappa shape index (κ2) is 9.59. The summed E-state index contributed by atoms with van der Waals surface area (Å²) in [6, 6.07) is 11.5. The van der Waals surface area contributed by atoms with Gasteiger partial charge in [-0.05, 0) is 58.1 Å². The van der Waals surface area contributed by atoms with Gasteiger partial charge in [-0.25, -0.2) is 9.97 Å². The van der Waals surface area contributed by atoms with Crippen molar-refractivity contribution in [1.29, 1.82) is 5.41 Å². The van der Waals surface area contributed by atoms with Crippen molar-refractivity contribution in [2.75, 3.05) is 31.1 Å². The molecule has 1 aromatic carbocycles. The van der Waals surface area contributed by atoms with Crippen molar-refractivity contribution in [1.82, 2.24) is 14.9 Å². The molecule has 0 saturated carbocycles. The Morgan fingerprint density at radius 1 is 1.09 bits per heavy atom. The van der Waals surface area contributed by atoms with E-state index in [0.717, 1.165) is 61.7 Å². The van der Waals surface area contributed by atoms with E-state index in [0.29, 0.717) is 18.8 Å². The number of aliphatic hydroxyl groups is 1. The predicted octanol–water partition coefficient (Wildman–Crippen LogP) is 3.37. The summed E-state index contributed by atoms with van der Waals surface area (Å²) in [5.41, 5.74) is 2.75. The minimum atomic E-state index is -0.702. The van der Waals surface area contributed by atoms with Crippen LogP contribution in [0.15, 0.2) is 36.4 Å². The Balaban J connectivity index is 1.46. The minimum Gasteiger partial charge on any atom is -0.393 e. The van der Waals surface area contributed by atoms with Crippen LogP contribution in [-0.4, -0.2) is 63.9 Å². The highest BCUT2D eigenvalue weighted by molar-refractivity contribution is 6.00. The zero-order chi connectivity index (χ0) is 23.6. The Morgan fingerprint density at radius 3 is 2.33 bits per heavy atom. The summed E-state index contributed by atoms with van der Waals surface area (Å²) in [5.74, 6) is 0.532. The fraction of sp³-hybridized carbons (Fsp3) is 0.538. The van der Waals surface area contributed by atoms with Crippen LogP contribution in [0.2, 0.25) is 0 Å². The molecular formula is C26H35N5O2. The molecular weight excluding hydrogens is 414 g/mol. The summed E-state index contributed by atoms with van der Waals surface area (Å²) in [4.78, 5) is 27.0. The highest BCUT2D eigenvalue weighted by atomic mass is 16.3. The van der Waals surface area contributed by atoms with Crippen LogP contribution >= 0.6 is 0 Å². The van der Waals surface area contributed by atoms with Gasteiger partial charge in [-0.2, -0.15) is 0 Å². The van der Waals surface area contributed by atoms with Crippen molar-refractivity contribution in [3.8, 4) is 0 Å². The van der Waals surface area contributed by atoms with Gasteiger partial charge >= 0.3 is 0 Å². The molecule has 2 unspecified atom stereocenters. The van der Waals surface area contributed by atoms with Crippen molar-refractivity contribution in [3.05, 3.63) is 53.3 Å². The first kappa shape index (κ1) is 23.4. The minimum absolute atomic E-state index is 0.182. The maximum atomic E-state index is 13.7. The maximum Gasteiger partial charge on any atom is 0.228 e. The summed E-state index contributed by atoms with van der Waals surface area (Å²) in [7, 11) is 0. The lowest BCUT2D eigenvalue weighted by Crippen LogP contribution is -2.55. The van der Waals surface area contributed by atoms with Gasteiger partial charge in [-0.3, -0.25) is 4.79 Å². The summed E-state index contributed by atoms with van der Waals surface area (Å²) < 4.78 is 0. The molecule has 2 fully saturated rings. The molecule has 7 nitrogen and oxygen atoms in total. The van der Waals surface area contributed by atoms with Gasteiger partial charge in [0.15, 0.2) is 0 Å². The van der Waals surface area contributed by atoms with Crippen LogP contribution in [0.25, 0.3) is 0 Å². The lowest BCUT2D eigenvalue weighted by molar-refractivity contribution is -0.148. The highest BCUT2D eigenvalue weighted by Crippen LogP contribution is 2.42. The molecule has 2 N–H and O–H groups in total. The lowest BCUT2D eigenvalue weighted by atomic mass is 9.71. The summed E-state index contributed by atoms with van der Waals surface area (Å²) in [6.07, 6.45) is 2.73. The first-order chi connectivity index (χ1) is 15.8. The second-order valence-corrected chi connectivity index (χ2v) is 9.70. The number of aryl methyl sites for hydroxylation is 2. The summed E-state index contributed by atoms with van der Waals surface area (Å²) in [6.45, 7) is 8.29. The highest BCUT2D eigenvalue weighted by Gasteiger charge is 2.46. The van der Waals surface area contributed by atoms with Crippen LogP contribution < -0.4 is 4.90 Å². The number of likely N-dealkylation sites (tertiary alicyclic amines) is 1. The number of hydrogen-bond acceptors (Lipinski definition) is 6. The smallest absolute Gasteiger partial charge is 0.228 e. The third-order valence-electron chi connectivity index (χ3n) is 7.25. The number of piperidine rings is 2. The van der Waals surface area contributed by atoms with Crippen LogP contribution in [0, 0.1) is 30.6 Å². The number of aliphatic hydroxyl groups excluding tert-OH is 1. The number of benzene rings is 1. The number of nitrogens with one attached hydrogen (secondary N) is 1. The fourth-order valence-corrected chi connectivity index (χ4v) is 5.33. The third kappa shape index (κ3) is 4.93. The maximum absolute atomic E-state index is 13.7. The van der Waals surface area contributed by atoms with Gasteiger partial charge in [0.25, 0.3) is 0 Å². The van der Waals surface area contributed by atoms with Crippen molar-refractivity contribution in [3.63, 3.8) is 0 Å². The van der Waals surface area contributed by atoms with Gasteiger partial charge in [0.05, 0.1) is 11.5 Å². The molecule has 1 spiro atoms. The van der Waals surface area contributed by atoms with Crippen LogP contribution in [0.4, 0.5) is 5.95 Å². The molecule has 0 aliphatic carbocycles. The van der Waals surface area contributed by atoms with E-state index in [4.69, 9.17) is 5.41 Å². The quantitative estimate of drug-likeness (QED) is 0.660. The van der Waals surface area contributed by atoms with E-state index in [9.17, 15) is 9.90 Å². The van der Waals surface area contributed by atoms with Gasteiger partial charge in [0.2, 0.25) is 11.9 Å². The van der Waals surface area contributed by atoms with Crippen LogP contribution in [0.1, 0.15) is 49.6 Å². The van der Waals surface area contributed by atoms with Gasteiger partial charge in [0, 0.05) is 49.2 Å². The van der Waals surface area contributed by atoms with Crippen molar-refractivity contribution in [2.24, 2.45) is 11.3 Å². The van der Waals surface area contributed by atoms with E-state index in [-0.39, 0.29) is 11.3 Å². The molecule has 1 aromatic heterocycles. The zero-order valence-electron chi connectivity index (χ0n) is 19.9. The van der Waals surface area contributed by atoms with Crippen LogP contribution in [-0.2, 0) is 4.79 Å². The van der Waals surface area contributed by atoms with Crippen LogP contribution in [0.3, 0.4) is 0 Å². The monoisotopic (exact) mass is 449 g/mol. The topological polar surface area (TPSA) is 93.4 Å².